The summed E-state index contributed by atoms with van der Waals surface area (Å²) >= 11 is 0. The maximum Gasteiger partial charge on any atom is 0.249 e. The molecule has 0 spiro atoms. The molecule has 5 heteroatoms. The van der Waals surface area contributed by atoms with Gasteiger partial charge in [-0.15, -0.1) is 0 Å². The van der Waals surface area contributed by atoms with Crippen molar-refractivity contribution in [2.75, 3.05) is 0 Å². The summed E-state index contributed by atoms with van der Waals surface area (Å²) in [6.45, 7) is 3.57. The molecule has 0 unspecified atom stereocenters. The average molecular weight is 217 g/mol. The van der Waals surface area contributed by atoms with Crippen molar-refractivity contribution in [3.05, 3.63) is 45.5 Å². The molecule has 5 nitrogen and oxygen atoms in total. The van der Waals surface area contributed by atoms with Gasteiger partial charge in [-0.1, -0.05) is 0 Å². The fraction of sp³-hybridized carbons (Fsp3) is 0.182. The van der Waals surface area contributed by atoms with Crippen LogP contribution in [0.1, 0.15) is 21.6 Å². The van der Waals surface area contributed by atoms with Crippen LogP contribution in [0.2, 0.25) is 0 Å². The monoisotopic (exact) mass is 217 g/mol. The lowest BCUT2D eigenvalue weighted by atomic mass is 10.3. The van der Waals surface area contributed by atoms with E-state index in [9.17, 15) is 9.59 Å². The van der Waals surface area contributed by atoms with Gasteiger partial charge in [-0.05, 0) is 25.5 Å². The van der Waals surface area contributed by atoms with Gasteiger partial charge in [0, 0.05) is 12.3 Å². The molecule has 0 aromatic carbocycles. The molecule has 0 atom stereocenters. The van der Waals surface area contributed by atoms with Crippen molar-refractivity contribution in [2.45, 2.75) is 13.8 Å². The minimum atomic E-state index is -0.184. The number of H-pyrrole nitrogens is 1. The molecule has 2 heterocycles. The highest BCUT2D eigenvalue weighted by atomic mass is 16.1. The maximum atomic E-state index is 11.3. The molecule has 2 rings (SSSR count). The van der Waals surface area contributed by atoms with Gasteiger partial charge in [0.1, 0.15) is 5.82 Å². The number of carbonyl (C=O) groups excluding carboxylic acids is 1. The summed E-state index contributed by atoms with van der Waals surface area (Å²) < 4.78 is 1.49. The summed E-state index contributed by atoms with van der Waals surface area (Å²) in [5.41, 5.74) is 1.81. The van der Waals surface area contributed by atoms with E-state index in [0.29, 0.717) is 17.1 Å². The Hall–Kier alpha value is -2.17. The first-order valence-electron chi connectivity index (χ1n) is 4.83. The lowest BCUT2D eigenvalue weighted by molar-refractivity contribution is 0.112. The van der Waals surface area contributed by atoms with Crippen LogP contribution in [-0.4, -0.2) is 21.1 Å². The molecule has 0 aliphatic carbocycles. The minimum Gasteiger partial charge on any atom is -0.307 e. The van der Waals surface area contributed by atoms with E-state index in [0.717, 1.165) is 11.8 Å². The van der Waals surface area contributed by atoms with E-state index in [1.54, 1.807) is 19.2 Å². The number of aryl methyl sites for hydroxylation is 2. The number of nitrogens with one attached hydrogen (secondary N) is 1. The van der Waals surface area contributed by atoms with Crippen molar-refractivity contribution >= 4 is 6.29 Å². The molecule has 0 aliphatic heterocycles. The number of aldehydes is 1. The molecular formula is C11H11N3O2. The van der Waals surface area contributed by atoms with Crippen LogP contribution in [0.3, 0.4) is 0 Å². The lowest BCUT2D eigenvalue weighted by Gasteiger charge is -2.01. The summed E-state index contributed by atoms with van der Waals surface area (Å²) in [6, 6.07) is 3.29. The number of aromatic nitrogens is 3. The van der Waals surface area contributed by atoms with Crippen LogP contribution in [0.15, 0.2) is 23.1 Å². The van der Waals surface area contributed by atoms with Crippen LogP contribution in [0.25, 0.3) is 5.82 Å². The minimum absolute atomic E-state index is 0.184. The van der Waals surface area contributed by atoms with Crippen molar-refractivity contribution in [1.82, 2.24) is 14.8 Å². The largest absolute Gasteiger partial charge is 0.307 e. The van der Waals surface area contributed by atoms with E-state index in [-0.39, 0.29) is 5.56 Å². The summed E-state index contributed by atoms with van der Waals surface area (Å²) in [6.07, 6.45) is 2.33. The highest BCUT2D eigenvalue weighted by molar-refractivity contribution is 5.75. The quantitative estimate of drug-likeness (QED) is 0.763. The van der Waals surface area contributed by atoms with E-state index in [1.807, 2.05) is 6.92 Å². The molecule has 0 fully saturated rings. The summed E-state index contributed by atoms with van der Waals surface area (Å²) in [5, 5.41) is 4.15. The fourth-order valence-electron chi connectivity index (χ4n) is 1.50. The number of aromatic amines is 1. The van der Waals surface area contributed by atoms with Crippen LogP contribution in [0.4, 0.5) is 0 Å². The molecule has 0 saturated carbocycles. The molecule has 0 bridgehead atoms. The Morgan fingerprint density at radius 3 is 2.69 bits per heavy atom. The highest BCUT2D eigenvalue weighted by Gasteiger charge is 2.06. The number of hydrogen-bond acceptors (Lipinski definition) is 3. The number of nitrogens with zero attached hydrogens (tertiary/aromatic N) is 2. The third-order valence-electron chi connectivity index (χ3n) is 2.29. The number of hydrogen-bond donors (Lipinski definition) is 1. The molecule has 1 N–H and O–H groups in total. The van der Waals surface area contributed by atoms with Gasteiger partial charge in [-0.3, -0.25) is 9.59 Å². The summed E-state index contributed by atoms with van der Waals surface area (Å²) in [4.78, 5) is 24.6. The molecule has 2 aromatic heterocycles. The Kier molecular flexibility index (Phi) is 2.44. The average Bonchev–Trinajstić information content (AvgIpc) is 2.58. The molecule has 0 amide bonds. The van der Waals surface area contributed by atoms with Crippen molar-refractivity contribution in [3.8, 4) is 5.82 Å². The molecule has 82 valence electrons. The molecule has 0 aliphatic rings. The maximum absolute atomic E-state index is 11.3. The molecule has 2 aromatic rings. The van der Waals surface area contributed by atoms with Gasteiger partial charge >= 0.3 is 0 Å². The number of carbonyl (C=O) groups is 1. The van der Waals surface area contributed by atoms with Crippen molar-refractivity contribution in [1.29, 1.82) is 0 Å². The first kappa shape index (κ1) is 10.4. The second kappa shape index (κ2) is 3.77. The Labute approximate surface area is 91.7 Å². The molecular weight excluding hydrogens is 206 g/mol. The zero-order valence-corrected chi connectivity index (χ0v) is 9.02. The standard InChI is InChI=1S/C11H11N3O2/c1-7-3-10(12-11(16)4-7)14-5-9(6-15)8(2)13-14/h3-6H,1-2H3,(H,12,16). The van der Waals surface area contributed by atoms with Crippen molar-refractivity contribution in [2.24, 2.45) is 0 Å². The second-order valence-electron chi connectivity index (χ2n) is 3.64. The van der Waals surface area contributed by atoms with E-state index in [1.165, 1.54) is 10.7 Å². The predicted molar refractivity (Wildman–Crippen MR) is 59.0 cm³/mol. The van der Waals surface area contributed by atoms with E-state index in [2.05, 4.69) is 10.1 Å². The number of rotatable bonds is 2. The summed E-state index contributed by atoms with van der Waals surface area (Å²) in [7, 11) is 0. The number of pyridine rings is 1. The second-order valence-corrected chi connectivity index (χ2v) is 3.64. The molecule has 16 heavy (non-hydrogen) atoms. The third-order valence-corrected chi connectivity index (χ3v) is 2.29. The van der Waals surface area contributed by atoms with E-state index >= 15 is 0 Å². The predicted octanol–water partition coefficient (Wildman–Crippen LogP) is 0.990. The van der Waals surface area contributed by atoms with Crippen LogP contribution in [0, 0.1) is 13.8 Å². The Morgan fingerprint density at radius 1 is 1.38 bits per heavy atom. The van der Waals surface area contributed by atoms with Gasteiger partial charge < -0.3 is 4.98 Å². The first-order valence-corrected chi connectivity index (χ1v) is 4.83. The van der Waals surface area contributed by atoms with E-state index in [4.69, 9.17) is 0 Å². The van der Waals surface area contributed by atoms with Gasteiger partial charge in [0.15, 0.2) is 6.29 Å². The van der Waals surface area contributed by atoms with Crippen molar-refractivity contribution < 1.29 is 4.79 Å². The van der Waals surface area contributed by atoms with Gasteiger partial charge in [0.05, 0.1) is 11.3 Å². The van der Waals surface area contributed by atoms with Gasteiger partial charge in [0.2, 0.25) is 5.56 Å². The summed E-state index contributed by atoms with van der Waals surface area (Å²) in [5.74, 6) is 0.557. The van der Waals surface area contributed by atoms with Gasteiger partial charge in [-0.2, -0.15) is 5.10 Å². The smallest absolute Gasteiger partial charge is 0.249 e. The van der Waals surface area contributed by atoms with Crippen LogP contribution < -0.4 is 5.56 Å². The zero-order chi connectivity index (χ0) is 11.7. The Balaban J connectivity index is 2.58. The Morgan fingerprint density at radius 2 is 2.12 bits per heavy atom. The van der Waals surface area contributed by atoms with Crippen LogP contribution in [0.5, 0.6) is 0 Å². The van der Waals surface area contributed by atoms with Crippen LogP contribution in [-0.2, 0) is 0 Å². The third kappa shape index (κ3) is 1.79. The highest BCUT2D eigenvalue weighted by Crippen LogP contribution is 2.08. The van der Waals surface area contributed by atoms with Crippen molar-refractivity contribution in [3.63, 3.8) is 0 Å². The zero-order valence-electron chi connectivity index (χ0n) is 9.02. The fourth-order valence-corrected chi connectivity index (χ4v) is 1.50. The molecule has 0 radical (unpaired) electrons. The molecule has 0 saturated heterocycles. The van der Waals surface area contributed by atoms with Gasteiger partial charge in [0.25, 0.3) is 0 Å². The van der Waals surface area contributed by atoms with Crippen LogP contribution >= 0.6 is 0 Å². The Bertz CT molecular complexity index is 596. The lowest BCUT2D eigenvalue weighted by Crippen LogP contribution is -2.10. The first-order chi connectivity index (χ1) is 7.60. The SMILES string of the molecule is Cc1cc(-n2cc(C=O)c(C)n2)[nH]c(=O)c1. The normalized spacial score (nSPS) is 10.4. The topological polar surface area (TPSA) is 67.8 Å². The van der Waals surface area contributed by atoms with E-state index < -0.39 is 0 Å². The van der Waals surface area contributed by atoms with Gasteiger partial charge in [-0.25, -0.2) is 4.68 Å².